The second-order valence-electron chi connectivity index (χ2n) is 4.79. The van der Waals surface area contributed by atoms with Gasteiger partial charge in [-0.15, -0.1) is 0 Å². The molecule has 0 bridgehead atoms. The Morgan fingerprint density at radius 1 is 1.20 bits per heavy atom. The van der Waals surface area contributed by atoms with Crippen molar-refractivity contribution >= 4 is 17.3 Å². The Balaban J connectivity index is 2.17. The molecular weight excluding hydrogens is 255 g/mol. The molecule has 0 spiro atoms. The largest absolute Gasteiger partial charge is 0.398 e. The molecule has 0 atom stereocenters. The van der Waals surface area contributed by atoms with Gasteiger partial charge in [0.25, 0.3) is 0 Å². The molecule has 0 aliphatic carbocycles. The first-order valence-electron chi connectivity index (χ1n) is 6.38. The number of carbonyl (C=O) groups excluding carboxylic acids is 1. The van der Waals surface area contributed by atoms with Gasteiger partial charge in [-0.25, -0.2) is 4.39 Å². The van der Waals surface area contributed by atoms with E-state index in [1.165, 1.54) is 6.07 Å². The van der Waals surface area contributed by atoms with Gasteiger partial charge in [-0.05, 0) is 42.7 Å². The van der Waals surface area contributed by atoms with E-state index in [9.17, 15) is 9.18 Å². The minimum Gasteiger partial charge on any atom is -0.398 e. The van der Waals surface area contributed by atoms with E-state index in [1.54, 1.807) is 24.3 Å². The molecule has 3 nitrogen and oxygen atoms in total. The number of nitrogens with one attached hydrogen (secondary N) is 1. The number of rotatable bonds is 3. The molecule has 0 aliphatic heterocycles. The van der Waals surface area contributed by atoms with Crippen molar-refractivity contribution in [2.75, 3.05) is 11.1 Å². The number of benzene rings is 2. The summed E-state index contributed by atoms with van der Waals surface area (Å²) in [4.78, 5) is 12.0. The second-order valence-corrected chi connectivity index (χ2v) is 4.79. The third-order valence-electron chi connectivity index (χ3n) is 3.29. The summed E-state index contributed by atoms with van der Waals surface area (Å²) < 4.78 is 13.5. The van der Waals surface area contributed by atoms with Crippen molar-refractivity contribution in [1.29, 1.82) is 0 Å². The van der Waals surface area contributed by atoms with Crippen LogP contribution in [-0.2, 0) is 11.2 Å². The lowest BCUT2D eigenvalue weighted by Gasteiger charge is -2.13. The molecule has 20 heavy (non-hydrogen) atoms. The number of carbonyl (C=O) groups is 1. The van der Waals surface area contributed by atoms with E-state index < -0.39 is 0 Å². The van der Waals surface area contributed by atoms with Crippen LogP contribution in [0.1, 0.15) is 16.7 Å². The lowest BCUT2D eigenvalue weighted by atomic mass is 10.1. The minimum atomic E-state index is -0.372. The number of anilines is 2. The van der Waals surface area contributed by atoms with Gasteiger partial charge >= 0.3 is 0 Å². The Bertz CT molecular complexity index is 653. The van der Waals surface area contributed by atoms with E-state index in [0.717, 1.165) is 11.1 Å². The predicted octanol–water partition coefficient (Wildman–Crippen LogP) is 3.21. The molecule has 0 aromatic heterocycles. The Morgan fingerprint density at radius 3 is 2.60 bits per heavy atom. The predicted molar refractivity (Wildman–Crippen MR) is 79.1 cm³/mol. The third-order valence-corrected chi connectivity index (χ3v) is 3.29. The summed E-state index contributed by atoms with van der Waals surface area (Å²) in [5.74, 6) is -0.629. The molecule has 2 aromatic rings. The maximum atomic E-state index is 13.5. The summed E-state index contributed by atoms with van der Waals surface area (Å²) in [6, 6.07) is 9.91. The van der Waals surface area contributed by atoms with Crippen LogP contribution in [0.5, 0.6) is 0 Å². The van der Waals surface area contributed by atoms with E-state index in [2.05, 4.69) is 5.32 Å². The third kappa shape index (κ3) is 2.96. The van der Waals surface area contributed by atoms with Crippen molar-refractivity contribution in [2.45, 2.75) is 20.3 Å². The summed E-state index contributed by atoms with van der Waals surface area (Å²) >= 11 is 0. The van der Waals surface area contributed by atoms with E-state index in [-0.39, 0.29) is 18.1 Å². The highest BCUT2D eigenvalue weighted by atomic mass is 19.1. The van der Waals surface area contributed by atoms with Crippen molar-refractivity contribution in [2.24, 2.45) is 0 Å². The van der Waals surface area contributed by atoms with Crippen LogP contribution >= 0.6 is 0 Å². The number of hydrogen-bond acceptors (Lipinski definition) is 2. The topological polar surface area (TPSA) is 55.1 Å². The van der Waals surface area contributed by atoms with Gasteiger partial charge < -0.3 is 11.1 Å². The molecule has 0 aliphatic rings. The first kappa shape index (κ1) is 14.1. The quantitative estimate of drug-likeness (QED) is 0.843. The van der Waals surface area contributed by atoms with Gasteiger partial charge in [0.2, 0.25) is 5.91 Å². The van der Waals surface area contributed by atoms with Gasteiger partial charge in [-0.1, -0.05) is 24.3 Å². The first-order chi connectivity index (χ1) is 9.49. The average molecular weight is 272 g/mol. The van der Waals surface area contributed by atoms with Crippen molar-refractivity contribution in [3.8, 4) is 0 Å². The highest BCUT2D eigenvalue weighted by Crippen LogP contribution is 2.25. The molecule has 3 N–H and O–H groups in total. The highest BCUT2D eigenvalue weighted by molar-refractivity contribution is 5.94. The molecule has 1 amide bonds. The van der Waals surface area contributed by atoms with E-state index >= 15 is 0 Å². The molecule has 0 saturated carbocycles. The zero-order chi connectivity index (χ0) is 14.7. The van der Waals surface area contributed by atoms with Crippen LogP contribution in [0.4, 0.5) is 15.8 Å². The van der Waals surface area contributed by atoms with Gasteiger partial charge in [-0.3, -0.25) is 4.79 Å². The van der Waals surface area contributed by atoms with Crippen LogP contribution in [0.25, 0.3) is 0 Å². The Hall–Kier alpha value is -2.36. The van der Waals surface area contributed by atoms with Crippen molar-refractivity contribution in [3.05, 3.63) is 58.9 Å². The molecule has 0 fully saturated rings. The zero-order valence-electron chi connectivity index (χ0n) is 11.5. The maximum Gasteiger partial charge on any atom is 0.228 e. The molecule has 104 valence electrons. The lowest BCUT2D eigenvalue weighted by molar-refractivity contribution is -0.115. The summed E-state index contributed by atoms with van der Waals surface area (Å²) in [5, 5.41) is 2.81. The summed E-state index contributed by atoms with van der Waals surface area (Å²) in [5.41, 5.74) is 9.29. The van der Waals surface area contributed by atoms with Gasteiger partial charge in [0.1, 0.15) is 5.82 Å². The summed E-state index contributed by atoms with van der Waals surface area (Å²) in [6.07, 6.45) is 0.000350. The van der Waals surface area contributed by atoms with Crippen LogP contribution < -0.4 is 11.1 Å². The number of aryl methyl sites for hydroxylation is 1. The van der Waals surface area contributed by atoms with Gasteiger partial charge in [0.15, 0.2) is 0 Å². The normalized spacial score (nSPS) is 10.3. The summed E-state index contributed by atoms with van der Waals surface area (Å²) in [6.45, 7) is 3.74. The first-order valence-corrected chi connectivity index (χ1v) is 6.38. The van der Waals surface area contributed by atoms with Crippen molar-refractivity contribution in [1.82, 2.24) is 0 Å². The van der Waals surface area contributed by atoms with E-state index in [4.69, 9.17) is 5.73 Å². The van der Waals surface area contributed by atoms with Gasteiger partial charge in [-0.2, -0.15) is 0 Å². The summed E-state index contributed by atoms with van der Waals surface area (Å²) in [7, 11) is 0. The van der Waals surface area contributed by atoms with Gasteiger partial charge in [0.05, 0.1) is 6.42 Å². The van der Waals surface area contributed by atoms with Crippen molar-refractivity contribution < 1.29 is 9.18 Å². The molecule has 0 saturated heterocycles. The number of halogens is 1. The Kier molecular flexibility index (Phi) is 4.03. The fourth-order valence-corrected chi connectivity index (χ4v) is 2.05. The van der Waals surface area contributed by atoms with Crippen LogP contribution in [0.3, 0.4) is 0 Å². The Morgan fingerprint density at radius 2 is 1.90 bits per heavy atom. The number of hydrogen-bond donors (Lipinski definition) is 2. The van der Waals surface area contributed by atoms with Crippen LogP contribution in [0.2, 0.25) is 0 Å². The lowest BCUT2D eigenvalue weighted by Crippen LogP contribution is -2.17. The fraction of sp³-hybridized carbons (Fsp3) is 0.188. The maximum absolute atomic E-state index is 13.5. The molecule has 2 aromatic carbocycles. The standard InChI is InChI=1S/C16H17FN2O/c1-10-7-8-14(18)11(2)16(10)19-15(20)9-12-5-3-4-6-13(12)17/h3-8H,9,18H2,1-2H3,(H,19,20). The highest BCUT2D eigenvalue weighted by Gasteiger charge is 2.11. The molecule has 2 rings (SSSR count). The Labute approximate surface area is 117 Å². The molecule has 0 radical (unpaired) electrons. The van der Waals surface area contributed by atoms with E-state index in [0.29, 0.717) is 16.9 Å². The van der Waals surface area contributed by atoms with Crippen LogP contribution in [-0.4, -0.2) is 5.91 Å². The molecular formula is C16H17FN2O. The second kappa shape index (κ2) is 5.74. The molecule has 4 heteroatoms. The van der Waals surface area contributed by atoms with Gasteiger partial charge in [0, 0.05) is 11.4 Å². The van der Waals surface area contributed by atoms with Crippen LogP contribution in [0.15, 0.2) is 36.4 Å². The zero-order valence-corrected chi connectivity index (χ0v) is 11.5. The van der Waals surface area contributed by atoms with Crippen molar-refractivity contribution in [3.63, 3.8) is 0 Å². The monoisotopic (exact) mass is 272 g/mol. The smallest absolute Gasteiger partial charge is 0.228 e. The van der Waals surface area contributed by atoms with Crippen LogP contribution in [0, 0.1) is 19.7 Å². The average Bonchev–Trinajstić information content (AvgIpc) is 2.42. The number of amides is 1. The number of nitrogen functional groups attached to an aromatic ring is 1. The number of nitrogens with two attached hydrogens (primary N) is 1. The minimum absolute atomic E-state index is 0.000350. The molecule has 0 heterocycles. The molecule has 0 unspecified atom stereocenters. The SMILES string of the molecule is Cc1ccc(N)c(C)c1NC(=O)Cc1ccccc1F. The van der Waals surface area contributed by atoms with E-state index in [1.807, 2.05) is 19.9 Å². The fourth-order valence-electron chi connectivity index (χ4n) is 2.05.